The molecule has 94 valence electrons. The molecular formula is C13H14BrN3O. The maximum absolute atomic E-state index is 11.5. The Hall–Kier alpha value is -1.54. The number of anilines is 1. The van der Waals surface area contributed by atoms with E-state index in [2.05, 4.69) is 22.0 Å². The Morgan fingerprint density at radius 1 is 1.50 bits per heavy atom. The van der Waals surface area contributed by atoms with Crippen LogP contribution in [0, 0.1) is 11.3 Å². The molecule has 2 rings (SSSR count). The number of nitrogens with zero attached hydrogens (tertiary/aromatic N) is 2. The maximum Gasteiger partial charge on any atom is 0.240 e. The fourth-order valence-corrected chi connectivity index (χ4v) is 2.77. The van der Waals surface area contributed by atoms with Crippen LogP contribution in [0.25, 0.3) is 0 Å². The minimum Gasteiger partial charge on any atom is -0.368 e. The first-order chi connectivity index (χ1) is 8.63. The SMILES string of the molecule is N#Cc1ccc(N2CCCCC2C(N)=O)cc1Br. The van der Waals surface area contributed by atoms with Crippen molar-refractivity contribution in [2.45, 2.75) is 25.3 Å². The fraction of sp³-hybridized carbons (Fsp3) is 0.385. The maximum atomic E-state index is 11.5. The second-order valence-electron chi connectivity index (χ2n) is 4.38. The van der Waals surface area contributed by atoms with Crippen LogP contribution >= 0.6 is 15.9 Å². The molecule has 1 aliphatic heterocycles. The Bertz CT molecular complexity index is 509. The van der Waals surface area contributed by atoms with Gasteiger partial charge in [-0.3, -0.25) is 4.79 Å². The highest BCUT2D eigenvalue weighted by Crippen LogP contribution is 2.28. The van der Waals surface area contributed by atoms with Gasteiger partial charge < -0.3 is 10.6 Å². The van der Waals surface area contributed by atoms with Crippen LogP contribution in [0.4, 0.5) is 5.69 Å². The van der Waals surface area contributed by atoms with E-state index in [1.807, 2.05) is 17.0 Å². The van der Waals surface area contributed by atoms with Crippen molar-refractivity contribution in [2.75, 3.05) is 11.4 Å². The van der Waals surface area contributed by atoms with E-state index in [0.29, 0.717) is 5.56 Å². The van der Waals surface area contributed by atoms with E-state index >= 15 is 0 Å². The highest BCUT2D eigenvalue weighted by Gasteiger charge is 2.27. The van der Waals surface area contributed by atoms with Crippen LogP contribution in [-0.2, 0) is 4.79 Å². The Morgan fingerprint density at radius 3 is 2.89 bits per heavy atom. The lowest BCUT2D eigenvalue weighted by atomic mass is 10.0. The second-order valence-corrected chi connectivity index (χ2v) is 5.24. The quantitative estimate of drug-likeness (QED) is 0.910. The first-order valence-electron chi connectivity index (χ1n) is 5.89. The zero-order valence-corrected chi connectivity index (χ0v) is 11.5. The molecule has 1 aliphatic rings. The largest absolute Gasteiger partial charge is 0.368 e. The normalized spacial score (nSPS) is 19.3. The van der Waals surface area contributed by atoms with Gasteiger partial charge in [-0.2, -0.15) is 5.26 Å². The van der Waals surface area contributed by atoms with Crippen LogP contribution in [0.3, 0.4) is 0 Å². The minimum atomic E-state index is -0.282. The van der Waals surface area contributed by atoms with Gasteiger partial charge in [-0.15, -0.1) is 0 Å². The molecule has 0 bridgehead atoms. The van der Waals surface area contributed by atoms with Gasteiger partial charge in [0, 0.05) is 16.7 Å². The first-order valence-corrected chi connectivity index (χ1v) is 6.68. The van der Waals surface area contributed by atoms with Gasteiger partial charge >= 0.3 is 0 Å². The predicted octanol–water partition coefficient (Wildman–Crippen LogP) is 2.16. The van der Waals surface area contributed by atoms with Gasteiger partial charge in [0.25, 0.3) is 0 Å². The van der Waals surface area contributed by atoms with E-state index < -0.39 is 0 Å². The van der Waals surface area contributed by atoms with Crippen molar-refractivity contribution in [3.05, 3.63) is 28.2 Å². The van der Waals surface area contributed by atoms with Gasteiger partial charge in [0.15, 0.2) is 0 Å². The lowest BCUT2D eigenvalue weighted by Gasteiger charge is -2.35. The average molecular weight is 308 g/mol. The molecule has 1 atom stereocenters. The van der Waals surface area contributed by atoms with Gasteiger partial charge in [-0.25, -0.2) is 0 Å². The molecule has 18 heavy (non-hydrogen) atoms. The molecule has 1 unspecified atom stereocenters. The van der Waals surface area contributed by atoms with E-state index in [4.69, 9.17) is 11.0 Å². The van der Waals surface area contributed by atoms with Crippen molar-refractivity contribution in [1.29, 1.82) is 5.26 Å². The number of nitriles is 1. The highest BCUT2D eigenvalue weighted by atomic mass is 79.9. The minimum absolute atomic E-state index is 0.237. The van der Waals surface area contributed by atoms with Crippen LogP contribution in [-0.4, -0.2) is 18.5 Å². The molecule has 1 fully saturated rings. The van der Waals surface area contributed by atoms with Crippen LogP contribution in [0.2, 0.25) is 0 Å². The summed E-state index contributed by atoms with van der Waals surface area (Å²) in [6.45, 7) is 0.825. The van der Waals surface area contributed by atoms with Crippen molar-refractivity contribution in [3.8, 4) is 6.07 Å². The highest BCUT2D eigenvalue weighted by molar-refractivity contribution is 9.10. The average Bonchev–Trinajstić information content (AvgIpc) is 2.38. The third kappa shape index (κ3) is 2.49. The van der Waals surface area contributed by atoms with Crippen molar-refractivity contribution in [3.63, 3.8) is 0 Å². The number of nitrogens with two attached hydrogens (primary N) is 1. The number of piperidine rings is 1. The molecule has 5 heteroatoms. The Labute approximate surface area is 115 Å². The number of carbonyl (C=O) groups is 1. The molecule has 2 N–H and O–H groups in total. The number of carbonyl (C=O) groups excluding carboxylic acids is 1. The summed E-state index contributed by atoms with van der Waals surface area (Å²) in [4.78, 5) is 13.5. The van der Waals surface area contributed by atoms with Crippen molar-refractivity contribution < 1.29 is 4.79 Å². The standard InChI is InChI=1S/C13H14BrN3O/c14-11-7-10(5-4-9(11)8-15)17-6-2-1-3-12(17)13(16)18/h4-5,7,12H,1-3,6H2,(H2,16,18). The van der Waals surface area contributed by atoms with Crippen LogP contribution in [0.15, 0.2) is 22.7 Å². The Morgan fingerprint density at radius 2 is 2.28 bits per heavy atom. The summed E-state index contributed by atoms with van der Waals surface area (Å²) in [5.74, 6) is -0.282. The van der Waals surface area contributed by atoms with E-state index in [1.165, 1.54) is 0 Å². The summed E-state index contributed by atoms with van der Waals surface area (Å²) in [7, 11) is 0. The molecule has 1 heterocycles. The molecule has 4 nitrogen and oxygen atoms in total. The number of hydrogen-bond acceptors (Lipinski definition) is 3. The molecule has 1 aromatic rings. The van der Waals surface area contributed by atoms with Gasteiger partial charge in [0.05, 0.1) is 5.56 Å². The fourth-order valence-electron chi connectivity index (χ4n) is 2.31. The first kappa shape index (κ1) is 12.9. The number of primary amides is 1. The number of amides is 1. The smallest absolute Gasteiger partial charge is 0.240 e. The summed E-state index contributed by atoms with van der Waals surface area (Å²) >= 11 is 3.37. The number of benzene rings is 1. The van der Waals surface area contributed by atoms with Crippen LogP contribution < -0.4 is 10.6 Å². The molecule has 0 aromatic heterocycles. The summed E-state index contributed by atoms with van der Waals surface area (Å²) in [5.41, 5.74) is 6.97. The van der Waals surface area contributed by atoms with E-state index in [0.717, 1.165) is 36.0 Å². The van der Waals surface area contributed by atoms with Gasteiger partial charge in [-0.1, -0.05) is 0 Å². The number of hydrogen-bond donors (Lipinski definition) is 1. The predicted molar refractivity (Wildman–Crippen MR) is 73.0 cm³/mol. The topological polar surface area (TPSA) is 70.1 Å². The van der Waals surface area contributed by atoms with Gasteiger partial charge in [0.2, 0.25) is 5.91 Å². The Kier molecular flexibility index (Phi) is 3.87. The van der Waals surface area contributed by atoms with E-state index in [1.54, 1.807) is 6.07 Å². The molecular weight excluding hydrogens is 294 g/mol. The third-order valence-corrected chi connectivity index (χ3v) is 3.89. The molecule has 1 aromatic carbocycles. The van der Waals surface area contributed by atoms with E-state index in [9.17, 15) is 4.79 Å². The molecule has 0 aliphatic carbocycles. The summed E-state index contributed by atoms with van der Waals surface area (Å²) < 4.78 is 0.747. The molecule has 1 amide bonds. The third-order valence-electron chi connectivity index (χ3n) is 3.24. The molecule has 1 saturated heterocycles. The van der Waals surface area contributed by atoms with E-state index in [-0.39, 0.29) is 11.9 Å². The summed E-state index contributed by atoms with van der Waals surface area (Å²) in [6, 6.07) is 7.36. The van der Waals surface area contributed by atoms with Crippen molar-refractivity contribution in [1.82, 2.24) is 0 Å². The van der Waals surface area contributed by atoms with Crippen molar-refractivity contribution >= 4 is 27.5 Å². The zero-order valence-electron chi connectivity index (χ0n) is 9.90. The second kappa shape index (κ2) is 5.40. The lowest BCUT2D eigenvalue weighted by molar-refractivity contribution is -0.119. The van der Waals surface area contributed by atoms with Gasteiger partial charge in [0.1, 0.15) is 12.1 Å². The Balaban J connectivity index is 2.32. The molecule has 0 radical (unpaired) electrons. The zero-order chi connectivity index (χ0) is 13.1. The lowest BCUT2D eigenvalue weighted by Crippen LogP contribution is -2.47. The summed E-state index contributed by atoms with van der Waals surface area (Å²) in [6.07, 6.45) is 2.88. The molecule has 0 spiro atoms. The van der Waals surface area contributed by atoms with Gasteiger partial charge in [-0.05, 0) is 53.4 Å². The van der Waals surface area contributed by atoms with Crippen LogP contribution in [0.5, 0.6) is 0 Å². The summed E-state index contributed by atoms with van der Waals surface area (Å²) in [5, 5.41) is 8.89. The number of halogens is 1. The number of rotatable bonds is 2. The molecule has 0 saturated carbocycles. The van der Waals surface area contributed by atoms with Crippen LogP contribution in [0.1, 0.15) is 24.8 Å². The monoisotopic (exact) mass is 307 g/mol. The van der Waals surface area contributed by atoms with Crippen molar-refractivity contribution in [2.24, 2.45) is 5.73 Å².